The lowest BCUT2D eigenvalue weighted by Gasteiger charge is -2.32. The van der Waals surface area contributed by atoms with Crippen molar-refractivity contribution in [3.8, 4) is 11.1 Å². The van der Waals surface area contributed by atoms with Crippen molar-refractivity contribution < 1.29 is 9.59 Å². The van der Waals surface area contributed by atoms with Crippen molar-refractivity contribution >= 4 is 11.7 Å². The van der Waals surface area contributed by atoms with Gasteiger partial charge in [0.05, 0.1) is 0 Å². The van der Waals surface area contributed by atoms with Gasteiger partial charge >= 0.3 is 0 Å². The van der Waals surface area contributed by atoms with Crippen LogP contribution in [0.4, 0.5) is 0 Å². The average molecular weight is 358 g/mol. The third kappa shape index (κ3) is 3.49. The summed E-state index contributed by atoms with van der Waals surface area (Å²) in [6, 6.07) is 20.6. The number of piperazine rings is 1. The monoisotopic (exact) mass is 358 g/mol. The molecular weight excluding hydrogens is 336 g/mol. The van der Waals surface area contributed by atoms with Crippen LogP contribution in [0.25, 0.3) is 11.1 Å². The van der Waals surface area contributed by atoms with E-state index in [2.05, 4.69) is 11.9 Å². The highest BCUT2D eigenvalue weighted by Gasteiger charge is 2.21. The molecule has 1 fully saturated rings. The highest BCUT2D eigenvalue weighted by Crippen LogP contribution is 2.29. The van der Waals surface area contributed by atoms with E-state index in [1.54, 1.807) is 0 Å². The van der Waals surface area contributed by atoms with Gasteiger partial charge in [-0.1, -0.05) is 48.5 Å². The largest absolute Gasteiger partial charge is 0.336 e. The van der Waals surface area contributed by atoms with Gasteiger partial charge in [0.2, 0.25) is 0 Å². The predicted octanol–water partition coefficient (Wildman–Crippen LogP) is 3.41. The number of rotatable bonds is 3. The van der Waals surface area contributed by atoms with Gasteiger partial charge in [-0.05, 0) is 36.4 Å². The summed E-state index contributed by atoms with van der Waals surface area (Å²) in [5, 5.41) is 0. The zero-order chi connectivity index (χ0) is 18.8. The zero-order valence-corrected chi connectivity index (χ0v) is 15.4. The second-order valence-electron chi connectivity index (χ2n) is 7.03. The third-order valence-electron chi connectivity index (χ3n) is 5.22. The summed E-state index contributed by atoms with van der Waals surface area (Å²) in [5.41, 5.74) is 3.84. The van der Waals surface area contributed by atoms with Crippen LogP contribution in [0.5, 0.6) is 0 Å². The Hall–Kier alpha value is -2.98. The van der Waals surface area contributed by atoms with Gasteiger partial charge in [0.25, 0.3) is 5.91 Å². The minimum Gasteiger partial charge on any atom is -0.336 e. The molecule has 27 heavy (non-hydrogen) atoms. The molecule has 3 aliphatic rings. The van der Waals surface area contributed by atoms with Crippen LogP contribution in [0.2, 0.25) is 0 Å². The molecule has 2 aliphatic carbocycles. The van der Waals surface area contributed by atoms with E-state index in [0.717, 1.165) is 37.3 Å². The van der Waals surface area contributed by atoms with Crippen LogP contribution in [0, 0.1) is 0 Å². The van der Waals surface area contributed by atoms with E-state index in [-0.39, 0.29) is 11.7 Å². The number of hydrogen-bond donors (Lipinski definition) is 0. The smallest absolute Gasteiger partial charge is 0.253 e. The minimum absolute atomic E-state index is 0.00347. The second kappa shape index (κ2) is 7.33. The van der Waals surface area contributed by atoms with E-state index in [0.29, 0.717) is 16.7 Å². The maximum atomic E-state index is 12.8. The van der Waals surface area contributed by atoms with E-state index >= 15 is 0 Å². The van der Waals surface area contributed by atoms with Crippen LogP contribution >= 0.6 is 0 Å². The van der Waals surface area contributed by atoms with Gasteiger partial charge in [-0.3, -0.25) is 9.59 Å². The van der Waals surface area contributed by atoms with Crippen LogP contribution in [0.1, 0.15) is 26.3 Å². The number of likely N-dealkylation sites (N-methyl/N-ethyl adjacent to an activating group) is 1. The van der Waals surface area contributed by atoms with Crippen LogP contribution in [0.15, 0.2) is 66.7 Å². The van der Waals surface area contributed by atoms with Crippen LogP contribution in [-0.4, -0.2) is 54.7 Å². The first kappa shape index (κ1) is 17.4. The normalized spacial score (nSPS) is 15.1. The van der Waals surface area contributed by atoms with Gasteiger partial charge in [-0.2, -0.15) is 0 Å². The van der Waals surface area contributed by atoms with E-state index < -0.39 is 0 Å². The van der Waals surface area contributed by atoms with Crippen molar-refractivity contribution in [1.29, 1.82) is 0 Å². The number of benzene rings is 1. The molecule has 4 rings (SSSR count). The fraction of sp³-hybridized carbons (Fsp3) is 0.217. The van der Waals surface area contributed by atoms with Crippen molar-refractivity contribution in [2.45, 2.75) is 0 Å². The summed E-state index contributed by atoms with van der Waals surface area (Å²) in [6.07, 6.45) is 0. The number of fused-ring (bicyclic) bond motifs is 1. The van der Waals surface area contributed by atoms with Crippen LogP contribution in [0.3, 0.4) is 0 Å². The molecule has 1 aromatic rings. The van der Waals surface area contributed by atoms with Gasteiger partial charge in [0.15, 0.2) is 5.78 Å². The summed E-state index contributed by atoms with van der Waals surface area (Å²) in [6.45, 7) is 3.29. The maximum Gasteiger partial charge on any atom is 0.253 e. The van der Waals surface area contributed by atoms with Gasteiger partial charge < -0.3 is 9.80 Å². The molecule has 0 bridgehead atoms. The van der Waals surface area contributed by atoms with Crippen molar-refractivity contribution in [3.05, 3.63) is 83.4 Å². The Morgan fingerprint density at radius 1 is 0.741 bits per heavy atom. The van der Waals surface area contributed by atoms with E-state index in [1.165, 1.54) is 0 Å². The second-order valence-corrected chi connectivity index (χ2v) is 7.03. The predicted molar refractivity (Wildman–Crippen MR) is 106 cm³/mol. The fourth-order valence-electron chi connectivity index (χ4n) is 3.53. The quantitative estimate of drug-likeness (QED) is 0.674. The van der Waals surface area contributed by atoms with Gasteiger partial charge in [0, 0.05) is 42.9 Å². The summed E-state index contributed by atoms with van der Waals surface area (Å²) >= 11 is 0. The molecule has 4 nitrogen and oxygen atoms in total. The fourth-order valence-corrected chi connectivity index (χ4v) is 3.53. The Kier molecular flexibility index (Phi) is 4.73. The Morgan fingerprint density at radius 3 is 2.15 bits per heavy atom. The molecular formula is C23H22N2O2. The molecule has 0 radical (unpaired) electrons. The van der Waals surface area contributed by atoms with Crippen molar-refractivity contribution in [3.63, 3.8) is 0 Å². The van der Waals surface area contributed by atoms with Crippen molar-refractivity contribution in [1.82, 2.24) is 9.80 Å². The van der Waals surface area contributed by atoms with Crippen molar-refractivity contribution in [2.24, 2.45) is 0 Å². The molecule has 0 N–H and O–H groups in total. The number of carbonyl (C=O) groups excluding carboxylic acids is 2. The lowest BCUT2D eigenvalue weighted by atomic mass is 10.0. The average Bonchev–Trinajstić information content (AvgIpc) is 2.99. The van der Waals surface area contributed by atoms with Crippen LogP contribution < -0.4 is 0 Å². The van der Waals surface area contributed by atoms with E-state index in [1.807, 2.05) is 71.6 Å². The van der Waals surface area contributed by atoms with Crippen LogP contribution in [-0.2, 0) is 0 Å². The summed E-state index contributed by atoms with van der Waals surface area (Å²) in [5.74, 6) is 0.0560. The Labute approximate surface area is 159 Å². The summed E-state index contributed by atoms with van der Waals surface area (Å²) < 4.78 is 0. The Morgan fingerprint density at radius 2 is 1.41 bits per heavy atom. The topological polar surface area (TPSA) is 40.6 Å². The number of amides is 1. The molecule has 1 saturated heterocycles. The molecule has 1 heterocycles. The molecule has 0 atom stereocenters. The SMILES string of the molecule is CN1CCN(C(=O)c2ccc3ccc(C(=O)c4ccccc4)c-3cc2)CC1. The zero-order valence-electron chi connectivity index (χ0n) is 15.4. The van der Waals surface area contributed by atoms with Gasteiger partial charge in [-0.25, -0.2) is 0 Å². The number of ketones is 1. The summed E-state index contributed by atoms with van der Waals surface area (Å²) in [4.78, 5) is 29.8. The highest BCUT2D eigenvalue weighted by molar-refractivity contribution is 6.13. The lowest BCUT2D eigenvalue weighted by molar-refractivity contribution is 0.0664. The molecule has 4 heteroatoms. The van der Waals surface area contributed by atoms with Gasteiger partial charge in [0.1, 0.15) is 0 Å². The Balaban J connectivity index is 1.64. The first-order chi connectivity index (χ1) is 13.1. The van der Waals surface area contributed by atoms with E-state index in [9.17, 15) is 9.59 Å². The highest BCUT2D eigenvalue weighted by atomic mass is 16.2. The lowest BCUT2D eigenvalue weighted by Crippen LogP contribution is -2.47. The maximum absolute atomic E-state index is 12.8. The molecule has 0 saturated carbocycles. The molecule has 0 spiro atoms. The van der Waals surface area contributed by atoms with Crippen molar-refractivity contribution in [2.75, 3.05) is 33.2 Å². The molecule has 1 aromatic carbocycles. The number of hydrogen-bond acceptors (Lipinski definition) is 3. The summed E-state index contributed by atoms with van der Waals surface area (Å²) in [7, 11) is 2.07. The van der Waals surface area contributed by atoms with Gasteiger partial charge in [-0.15, -0.1) is 0 Å². The minimum atomic E-state index is 0.00347. The Bertz CT molecular complexity index is 944. The number of carbonyl (C=O) groups is 2. The molecule has 0 unspecified atom stereocenters. The molecule has 0 aromatic heterocycles. The molecule has 1 amide bonds. The number of nitrogens with zero attached hydrogens (tertiary/aromatic N) is 2. The van der Waals surface area contributed by atoms with E-state index in [4.69, 9.17) is 0 Å². The molecule has 136 valence electrons. The standard InChI is InChI=1S/C23H22N2O2/c1-24-13-15-25(16-14-24)23(27)19-8-7-17-9-12-21(20(17)11-10-19)22(26)18-5-3-2-4-6-18/h2-12H,13-16H2,1H3. The first-order valence-electron chi connectivity index (χ1n) is 9.24. The first-order valence-corrected chi connectivity index (χ1v) is 9.24. The third-order valence-corrected chi connectivity index (χ3v) is 5.22. The molecule has 1 aliphatic heterocycles.